The van der Waals surface area contributed by atoms with Crippen LogP contribution in [0.4, 0.5) is 0 Å². The number of carboxylic acid groups (broad SMARTS) is 1. The first-order valence-corrected chi connectivity index (χ1v) is 14.0. The highest BCUT2D eigenvalue weighted by Crippen LogP contribution is 2.23. The number of rotatable bonds is 10. The predicted molar refractivity (Wildman–Crippen MR) is 144 cm³/mol. The lowest BCUT2D eigenvalue weighted by Crippen LogP contribution is -2.43. The van der Waals surface area contributed by atoms with Crippen molar-refractivity contribution in [2.75, 3.05) is 13.1 Å². The third-order valence-electron chi connectivity index (χ3n) is 6.29. The largest absolute Gasteiger partial charge is 0.480 e. The van der Waals surface area contributed by atoms with Crippen molar-refractivity contribution in [1.82, 2.24) is 15.4 Å². The molecular formula is C27H32N4O6S. The quantitative estimate of drug-likeness (QED) is 0.309. The van der Waals surface area contributed by atoms with Crippen molar-refractivity contribution in [2.45, 2.75) is 56.4 Å². The minimum Gasteiger partial charge on any atom is -0.480 e. The van der Waals surface area contributed by atoms with E-state index in [1.54, 1.807) is 24.3 Å². The molecule has 1 amide bonds. The van der Waals surface area contributed by atoms with E-state index in [9.17, 15) is 23.1 Å². The van der Waals surface area contributed by atoms with Gasteiger partial charge in [-0.2, -0.15) is 4.72 Å². The zero-order chi connectivity index (χ0) is 27.3. The summed E-state index contributed by atoms with van der Waals surface area (Å²) in [5, 5.41) is 16.3. The van der Waals surface area contributed by atoms with Crippen molar-refractivity contribution < 1.29 is 27.5 Å². The number of nitrogens with one attached hydrogen (secondary N) is 3. The maximum Gasteiger partial charge on any atom is 0.322 e. The topological polar surface area (TPSA) is 150 Å². The Morgan fingerprint density at radius 3 is 2.55 bits per heavy atom. The smallest absolute Gasteiger partial charge is 0.322 e. The van der Waals surface area contributed by atoms with E-state index in [1.807, 2.05) is 26.0 Å². The van der Waals surface area contributed by atoms with Crippen molar-refractivity contribution >= 4 is 38.8 Å². The fourth-order valence-electron chi connectivity index (χ4n) is 4.14. The van der Waals surface area contributed by atoms with Crippen LogP contribution in [-0.2, 0) is 32.5 Å². The molecule has 1 aliphatic rings. The van der Waals surface area contributed by atoms with Gasteiger partial charge in [0, 0.05) is 31.3 Å². The van der Waals surface area contributed by atoms with Crippen LogP contribution in [0.15, 0.2) is 62.8 Å². The number of guanidine groups is 1. The zero-order valence-corrected chi connectivity index (χ0v) is 22.2. The monoisotopic (exact) mass is 540 g/mol. The van der Waals surface area contributed by atoms with Gasteiger partial charge in [-0.05, 0) is 60.2 Å². The van der Waals surface area contributed by atoms with Gasteiger partial charge < -0.3 is 14.8 Å². The molecule has 38 heavy (non-hydrogen) atoms. The van der Waals surface area contributed by atoms with Crippen LogP contribution in [-0.4, -0.2) is 50.5 Å². The molecule has 4 N–H and O–H groups in total. The van der Waals surface area contributed by atoms with Gasteiger partial charge in [0.15, 0.2) is 5.96 Å². The van der Waals surface area contributed by atoms with E-state index in [0.29, 0.717) is 30.3 Å². The summed E-state index contributed by atoms with van der Waals surface area (Å²) in [6.45, 7) is 5.48. The van der Waals surface area contributed by atoms with Crippen LogP contribution in [0, 0.1) is 0 Å². The van der Waals surface area contributed by atoms with E-state index in [1.165, 1.54) is 12.1 Å². The average molecular weight is 541 g/mol. The molecule has 2 aromatic carbocycles. The summed E-state index contributed by atoms with van der Waals surface area (Å²) in [5.74, 6) is -0.363. The summed E-state index contributed by atoms with van der Waals surface area (Å²) < 4.78 is 33.8. The van der Waals surface area contributed by atoms with Crippen LogP contribution in [0.5, 0.6) is 0 Å². The van der Waals surface area contributed by atoms with Crippen molar-refractivity contribution in [1.29, 1.82) is 0 Å². The number of aliphatic imine (C=N–C) groups is 1. The number of carboxylic acids is 1. The highest BCUT2D eigenvalue weighted by atomic mass is 32.2. The number of amides is 1. The molecule has 0 spiro atoms. The number of carbonyl (C=O) groups is 2. The maximum absolute atomic E-state index is 12.8. The van der Waals surface area contributed by atoms with Crippen LogP contribution in [0.2, 0.25) is 0 Å². The van der Waals surface area contributed by atoms with Crippen LogP contribution < -0.4 is 15.4 Å². The molecular weight excluding hydrogens is 508 g/mol. The van der Waals surface area contributed by atoms with E-state index < -0.39 is 22.0 Å². The molecule has 0 fully saturated rings. The number of hydrogen-bond acceptors (Lipinski definition) is 7. The van der Waals surface area contributed by atoms with E-state index in [-0.39, 0.29) is 29.6 Å². The van der Waals surface area contributed by atoms with Crippen molar-refractivity contribution in [3.05, 3.63) is 65.4 Å². The number of aliphatic carboxylic acids is 1. The number of nitrogens with zero attached hydrogens (tertiary/aromatic N) is 1. The maximum atomic E-state index is 12.8. The number of carbonyl (C=O) groups excluding carboxylic acids is 1. The minimum atomic E-state index is -4.05. The molecule has 3 aromatic rings. The predicted octanol–water partition coefficient (Wildman–Crippen LogP) is 2.93. The Hall–Kier alpha value is -3.70. The van der Waals surface area contributed by atoms with Crippen LogP contribution in [0.3, 0.4) is 0 Å². The molecule has 4 rings (SSSR count). The molecule has 1 aromatic heterocycles. The Bertz CT molecular complexity index is 1440. The highest BCUT2D eigenvalue weighted by molar-refractivity contribution is 7.89. The summed E-state index contributed by atoms with van der Waals surface area (Å²) in [5.41, 5.74) is 2.45. The number of furan rings is 1. The minimum absolute atomic E-state index is 0.00206. The summed E-state index contributed by atoms with van der Waals surface area (Å²) in [6.07, 6.45) is 1.55. The summed E-state index contributed by atoms with van der Waals surface area (Å²) >= 11 is 0. The summed E-state index contributed by atoms with van der Waals surface area (Å²) in [4.78, 5) is 28.4. The Morgan fingerprint density at radius 2 is 1.89 bits per heavy atom. The Labute approximate surface area is 221 Å². The first kappa shape index (κ1) is 27.3. The second-order valence-corrected chi connectivity index (χ2v) is 11.3. The fraction of sp³-hybridized carbons (Fsp3) is 0.370. The summed E-state index contributed by atoms with van der Waals surface area (Å²) in [7, 11) is -4.05. The molecule has 0 saturated carbocycles. The number of fused-ring (bicyclic) bond motifs is 1. The zero-order valence-electron chi connectivity index (χ0n) is 21.4. The number of sulfonamides is 1. The SMILES string of the molecule is CC(C)c1ccc(S(=O)(=O)NC(Cc2cc3cc(CCC(=O)NC4=NCCCN4)ccc3o2)C(=O)O)cc1. The van der Waals surface area contributed by atoms with Gasteiger partial charge in [0.05, 0.1) is 4.90 Å². The molecule has 10 nitrogen and oxygen atoms in total. The fourth-order valence-corrected chi connectivity index (χ4v) is 5.33. The van der Waals surface area contributed by atoms with Gasteiger partial charge in [0.2, 0.25) is 15.9 Å². The van der Waals surface area contributed by atoms with Gasteiger partial charge in [-0.1, -0.05) is 32.0 Å². The van der Waals surface area contributed by atoms with Gasteiger partial charge >= 0.3 is 5.97 Å². The van der Waals surface area contributed by atoms with Crippen molar-refractivity contribution in [3.63, 3.8) is 0 Å². The van der Waals surface area contributed by atoms with Gasteiger partial charge in [-0.15, -0.1) is 0 Å². The normalized spacial score (nSPS) is 14.7. The second-order valence-electron chi connectivity index (χ2n) is 9.58. The van der Waals surface area contributed by atoms with Crippen LogP contribution >= 0.6 is 0 Å². The second kappa shape index (κ2) is 11.8. The Balaban J connectivity index is 1.40. The third kappa shape index (κ3) is 6.99. The van der Waals surface area contributed by atoms with Gasteiger partial charge in [0.1, 0.15) is 17.4 Å². The van der Waals surface area contributed by atoms with Gasteiger partial charge in [-0.3, -0.25) is 19.9 Å². The Kier molecular flexibility index (Phi) is 8.48. The standard InChI is InChI=1S/C27H32N4O6S/c1-17(2)19-6-8-22(9-7-19)38(35,36)31-23(26(33)34)16-21-15-20-14-18(4-10-24(20)37-21)5-11-25(32)30-27-28-12-3-13-29-27/h4,6-10,14-15,17,23,31H,3,5,11-13,16H2,1-2H3,(H,33,34)(H2,28,29,30,32). The Morgan fingerprint density at radius 1 is 1.13 bits per heavy atom. The summed E-state index contributed by atoms with van der Waals surface area (Å²) in [6, 6.07) is 12.1. The van der Waals surface area contributed by atoms with Gasteiger partial charge in [0.25, 0.3) is 0 Å². The number of benzene rings is 2. The first-order chi connectivity index (χ1) is 18.1. The number of aryl methyl sites for hydroxylation is 1. The first-order valence-electron chi connectivity index (χ1n) is 12.6. The molecule has 2 heterocycles. The van der Waals surface area contributed by atoms with Crippen LogP contribution in [0.25, 0.3) is 11.0 Å². The lowest BCUT2D eigenvalue weighted by molar-refractivity contribution is -0.139. The lowest BCUT2D eigenvalue weighted by Gasteiger charge is -2.14. The molecule has 0 aliphatic carbocycles. The molecule has 1 atom stereocenters. The molecule has 11 heteroatoms. The van der Waals surface area contributed by atoms with Crippen LogP contribution in [0.1, 0.15) is 49.5 Å². The molecule has 1 aliphatic heterocycles. The van der Waals surface area contributed by atoms with E-state index in [0.717, 1.165) is 29.5 Å². The lowest BCUT2D eigenvalue weighted by atomic mass is 10.0. The van der Waals surface area contributed by atoms with E-state index in [4.69, 9.17) is 4.42 Å². The molecule has 1 unspecified atom stereocenters. The third-order valence-corrected chi connectivity index (χ3v) is 7.77. The molecule has 0 saturated heterocycles. The van der Waals surface area contributed by atoms with Crippen molar-refractivity contribution in [2.24, 2.45) is 4.99 Å². The molecule has 202 valence electrons. The highest BCUT2D eigenvalue weighted by Gasteiger charge is 2.27. The molecule has 0 radical (unpaired) electrons. The van der Waals surface area contributed by atoms with E-state index >= 15 is 0 Å². The van der Waals surface area contributed by atoms with Crippen molar-refractivity contribution in [3.8, 4) is 0 Å². The van der Waals surface area contributed by atoms with Gasteiger partial charge in [-0.25, -0.2) is 8.42 Å². The average Bonchev–Trinajstić information content (AvgIpc) is 3.29. The molecule has 0 bridgehead atoms. The van der Waals surface area contributed by atoms with E-state index in [2.05, 4.69) is 20.3 Å². The number of hydrogen-bond donors (Lipinski definition) is 4.